The predicted molar refractivity (Wildman–Crippen MR) is 149 cm³/mol. The fourth-order valence-electron chi connectivity index (χ4n) is 8.76. The van der Waals surface area contributed by atoms with Gasteiger partial charge in [-0.05, 0) is 80.2 Å². The lowest BCUT2D eigenvalue weighted by Crippen LogP contribution is -2.63. The number of ketones is 1. The van der Waals surface area contributed by atoms with Crippen LogP contribution in [0.4, 0.5) is 0 Å². The minimum absolute atomic E-state index is 0.0669. The number of Topliss-reactive ketones (excluding diaryl/α,β-unsaturated/α-hetero) is 1. The van der Waals surface area contributed by atoms with Crippen molar-refractivity contribution in [1.29, 1.82) is 0 Å². The number of hydrogen-bond donors (Lipinski definition) is 1. The molecule has 3 aliphatic carbocycles. The Labute approximate surface area is 233 Å². The zero-order valence-electron chi connectivity index (χ0n) is 24.1. The maximum absolute atomic E-state index is 14.3. The summed E-state index contributed by atoms with van der Waals surface area (Å²) in [5, 5.41) is 10.6. The van der Waals surface area contributed by atoms with Crippen LogP contribution in [0.25, 0.3) is 0 Å². The Bertz CT molecular complexity index is 1220. The van der Waals surface area contributed by atoms with Crippen LogP contribution in [-0.4, -0.2) is 44.6 Å². The molecule has 8 heteroatoms. The molecule has 7 nitrogen and oxygen atoms in total. The van der Waals surface area contributed by atoms with E-state index >= 15 is 0 Å². The molecule has 0 radical (unpaired) electrons. The molecule has 9 atom stereocenters. The first-order chi connectivity index (χ1) is 18.2. The average Bonchev–Trinajstić information content (AvgIpc) is 3.28. The van der Waals surface area contributed by atoms with Gasteiger partial charge in [-0.1, -0.05) is 51.5 Å². The molecule has 0 saturated heterocycles. The molecule has 0 amide bonds. The molecule has 216 valence electrons. The molecule has 2 bridgehead atoms. The summed E-state index contributed by atoms with van der Waals surface area (Å²) in [5.41, 5.74) is -1.03. The van der Waals surface area contributed by atoms with Crippen molar-refractivity contribution in [3.63, 3.8) is 0 Å². The number of carboxylic acid groups (broad SMARTS) is 1. The van der Waals surface area contributed by atoms with Gasteiger partial charge in [0.2, 0.25) is 0 Å². The van der Waals surface area contributed by atoms with E-state index in [1.807, 2.05) is 20.8 Å². The maximum Gasteiger partial charge on any atom is 0.334 e. The number of aryl methyl sites for hydroxylation is 1. The quantitative estimate of drug-likeness (QED) is 0.316. The molecule has 3 saturated carbocycles. The lowest BCUT2D eigenvalue weighted by atomic mass is 9.41. The van der Waals surface area contributed by atoms with Crippen LogP contribution in [0.2, 0.25) is 0 Å². The molecule has 4 rings (SSSR count). The van der Waals surface area contributed by atoms with Gasteiger partial charge in [-0.25, -0.2) is 4.79 Å². The van der Waals surface area contributed by atoms with E-state index in [0.717, 1.165) is 31.2 Å². The fourth-order valence-corrected chi connectivity index (χ4v) is 9.83. The van der Waals surface area contributed by atoms with Crippen molar-refractivity contribution in [2.75, 3.05) is 7.11 Å². The number of allylic oxidation sites excluding steroid dienone is 1. The largest absolute Gasteiger partial charge is 0.479 e. The second kappa shape index (κ2) is 10.4. The van der Waals surface area contributed by atoms with E-state index in [0.29, 0.717) is 6.42 Å². The van der Waals surface area contributed by atoms with Crippen LogP contribution in [0.3, 0.4) is 0 Å². The van der Waals surface area contributed by atoms with Gasteiger partial charge in [0.1, 0.15) is 5.78 Å². The molecule has 0 heterocycles. The van der Waals surface area contributed by atoms with E-state index in [1.54, 1.807) is 25.3 Å². The molecular formula is C31H44O7S. The van der Waals surface area contributed by atoms with Gasteiger partial charge in [-0.2, -0.15) is 8.42 Å². The topological polar surface area (TPSA) is 107 Å². The van der Waals surface area contributed by atoms with Crippen LogP contribution >= 0.6 is 0 Å². The van der Waals surface area contributed by atoms with Crippen molar-refractivity contribution in [2.45, 2.75) is 90.2 Å². The van der Waals surface area contributed by atoms with E-state index in [1.165, 1.54) is 12.1 Å². The lowest BCUT2D eigenvalue weighted by molar-refractivity contribution is -0.193. The molecule has 3 aliphatic rings. The van der Waals surface area contributed by atoms with Crippen LogP contribution in [-0.2, 0) is 28.6 Å². The van der Waals surface area contributed by atoms with E-state index in [2.05, 4.69) is 20.4 Å². The van der Waals surface area contributed by atoms with Crippen LogP contribution < -0.4 is 0 Å². The Kier molecular flexibility index (Phi) is 8.00. The van der Waals surface area contributed by atoms with E-state index in [4.69, 9.17) is 8.92 Å². The predicted octanol–water partition coefficient (Wildman–Crippen LogP) is 5.81. The van der Waals surface area contributed by atoms with Crippen molar-refractivity contribution >= 4 is 21.9 Å². The number of carbonyl (C=O) groups is 2. The molecule has 0 spiro atoms. The SMILES string of the molecule is C=CC[C@]1(C)C[C@@H](C(OS(=O)(=O)c2ccc(C)cc2)C(=O)O)[C@@]2(C)[C@H](C)CC[C@]3(CC[C@@H](OC)[C@@H]32)[C@@H](C)C1=O. The van der Waals surface area contributed by atoms with Gasteiger partial charge >= 0.3 is 5.97 Å². The highest BCUT2D eigenvalue weighted by Crippen LogP contribution is 2.70. The number of carbonyl (C=O) groups excluding carboxylic acids is 1. The summed E-state index contributed by atoms with van der Waals surface area (Å²) in [6.07, 6.45) is 3.76. The highest BCUT2D eigenvalue weighted by Gasteiger charge is 2.69. The number of rotatable bonds is 8. The molecule has 39 heavy (non-hydrogen) atoms. The third-order valence-corrected chi connectivity index (χ3v) is 12.3. The van der Waals surface area contributed by atoms with E-state index < -0.39 is 38.9 Å². The van der Waals surface area contributed by atoms with Gasteiger partial charge < -0.3 is 9.84 Å². The van der Waals surface area contributed by atoms with Gasteiger partial charge in [0.25, 0.3) is 10.1 Å². The minimum atomic E-state index is -4.40. The van der Waals surface area contributed by atoms with Crippen molar-refractivity contribution in [3.8, 4) is 0 Å². The van der Waals surface area contributed by atoms with Crippen LogP contribution in [0.15, 0.2) is 41.8 Å². The summed E-state index contributed by atoms with van der Waals surface area (Å²) in [7, 11) is -2.71. The monoisotopic (exact) mass is 560 g/mol. The van der Waals surface area contributed by atoms with Gasteiger partial charge in [0.05, 0.1) is 11.0 Å². The highest BCUT2D eigenvalue weighted by molar-refractivity contribution is 7.86. The maximum atomic E-state index is 14.3. The third kappa shape index (κ3) is 4.70. The Balaban J connectivity index is 1.93. The number of aliphatic carboxylic acids is 1. The lowest BCUT2D eigenvalue weighted by Gasteiger charge is -2.63. The summed E-state index contributed by atoms with van der Waals surface area (Å²) in [6.45, 7) is 13.9. The molecular weight excluding hydrogens is 516 g/mol. The normalized spacial score (nSPS) is 39.3. The van der Waals surface area contributed by atoms with Crippen LogP contribution in [0, 0.1) is 46.8 Å². The first kappa shape index (κ1) is 29.9. The summed E-state index contributed by atoms with van der Waals surface area (Å²) in [6, 6.07) is 6.18. The molecule has 1 N–H and O–H groups in total. The standard InChI is InChI=1S/C31H44O7S/c1-8-15-29(5)18-23(25(28(33)34)38-39(35,36)22-11-9-19(2)10-12-22)30(6)20(3)13-16-31(21(4)27(29)32)17-14-24(37-7)26(30)31/h8-12,20-21,23-26H,1,13-18H2,2-7H3,(H,33,34)/t20-,21+,23+,24-,25?,26-,29-,30-,31+/m1/s1. The molecule has 1 aromatic rings. The third-order valence-electron chi connectivity index (χ3n) is 11.0. The number of methoxy groups -OCH3 is 1. The first-order valence-electron chi connectivity index (χ1n) is 14.1. The van der Waals surface area contributed by atoms with Gasteiger partial charge in [0.15, 0.2) is 6.10 Å². The van der Waals surface area contributed by atoms with Crippen LogP contribution in [0.5, 0.6) is 0 Å². The van der Waals surface area contributed by atoms with Crippen molar-refractivity contribution in [1.82, 2.24) is 0 Å². The Morgan fingerprint density at radius 3 is 2.36 bits per heavy atom. The number of benzene rings is 1. The highest BCUT2D eigenvalue weighted by atomic mass is 32.2. The number of hydrogen-bond acceptors (Lipinski definition) is 6. The van der Waals surface area contributed by atoms with Gasteiger partial charge in [0, 0.05) is 24.4 Å². The molecule has 1 unspecified atom stereocenters. The second-order valence-corrected chi connectivity index (χ2v) is 14.5. The minimum Gasteiger partial charge on any atom is -0.479 e. The smallest absolute Gasteiger partial charge is 0.334 e. The van der Waals surface area contributed by atoms with Gasteiger partial charge in [-0.3, -0.25) is 8.98 Å². The van der Waals surface area contributed by atoms with E-state index in [-0.39, 0.29) is 46.4 Å². The summed E-state index contributed by atoms with van der Waals surface area (Å²) >= 11 is 0. The molecule has 1 aromatic carbocycles. The van der Waals surface area contributed by atoms with Crippen molar-refractivity contribution in [2.24, 2.45) is 39.9 Å². The van der Waals surface area contributed by atoms with Gasteiger partial charge in [-0.15, -0.1) is 6.58 Å². The fraction of sp³-hybridized carbons (Fsp3) is 0.677. The molecule has 0 aliphatic heterocycles. The summed E-state index contributed by atoms with van der Waals surface area (Å²) in [5.74, 6) is -2.28. The number of carboxylic acids is 1. The Morgan fingerprint density at radius 2 is 1.79 bits per heavy atom. The average molecular weight is 561 g/mol. The first-order valence-corrected chi connectivity index (χ1v) is 15.5. The Morgan fingerprint density at radius 1 is 1.18 bits per heavy atom. The zero-order chi connectivity index (χ0) is 29.0. The van der Waals surface area contributed by atoms with E-state index in [9.17, 15) is 23.1 Å². The van der Waals surface area contributed by atoms with Crippen molar-refractivity contribution in [3.05, 3.63) is 42.5 Å². The van der Waals surface area contributed by atoms with Crippen molar-refractivity contribution < 1.29 is 32.0 Å². The van der Waals surface area contributed by atoms with Crippen LogP contribution in [0.1, 0.15) is 71.8 Å². The molecule has 0 aromatic heterocycles. The molecule has 3 fully saturated rings. The number of ether oxygens (including phenoxy) is 1. The Hall–Kier alpha value is -2.03. The second-order valence-electron chi connectivity index (χ2n) is 12.9. The summed E-state index contributed by atoms with van der Waals surface area (Å²) in [4.78, 5) is 27.2. The zero-order valence-corrected chi connectivity index (χ0v) is 24.9. The summed E-state index contributed by atoms with van der Waals surface area (Å²) < 4.78 is 38.7.